The summed E-state index contributed by atoms with van der Waals surface area (Å²) < 4.78 is 11.0. The van der Waals surface area contributed by atoms with Crippen molar-refractivity contribution in [3.05, 3.63) is 70.1 Å². The van der Waals surface area contributed by atoms with Crippen molar-refractivity contribution < 1.29 is 19.1 Å². The van der Waals surface area contributed by atoms with Gasteiger partial charge in [-0.1, -0.05) is 44.2 Å². The number of nitrogens with one attached hydrogen (secondary N) is 1. The molecule has 1 N–H and O–H groups in total. The lowest BCUT2D eigenvalue weighted by Crippen LogP contribution is -2.21. The first kappa shape index (κ1) is 23.5. The zero-order valence-electron chi connectivity index (χ0n) is 19.2. The highest BCUT2D eigenvalue weighted by molar-refractivity contribution is 7.15. The molecule has 3 rings (SSSR count). The van der Waals surface area contributed by atoms with Gasteiger partial charge in [-0.2, -0.15) is 0 Å². The Morgan fingerprint density at radius 3 is 2.53 bits per heavy atom. The van der Waals surface area contributed by atoms with Crippen LogP contribution in [0.3, 0.4) is 0 Å². The number of amides is 1. The number of ether oxygens (including phenoxy) is 2. The topological polar surface area (TPSA) is 64.6 Å². The van der Waals surface area contributed by atoms with E-state index in [0.717, 1.165) is 22.3 Å². The van der Waals surface area contributed by atoms with Gasteiger partial charge in [0, 0.05) is 10.9 Å². The molecule has 0 atom stereocenters. The molecule has 0 radical (unpaired) electrons. The van der Waals surface area contributed by atoms with Crippen molar-refractivity contribution in [1.82, 2.24) is 0 Å². The predicted octanol–water partition coefficient (Wildman–Crippen LogP) is 6.35. The van der Waals surface area contributed by atoms with Gasteiger partial charge in [0.05, 0.1) is 6.61 Å². The fourth-order valence-electron chi connectivity index (χ4n) is 3.25. The minimum absolute atomic E-state index is 0.152. The Morgan fingerprint density at radius 1 is 1.06 bits per heavy atom. The summed E-state index contributed by atoms with van der Waals surface area (Å²) in [5, 5.41) is 5.16. The monoisotopic (exact) mass is 451 g/mol. The summed E-state index contributed by atoms with van der Waals surface area (Å²) in [7, 11) is 0. The van der Waals surface area contributed by atoms with E-state index >= 15 is 0 Å². The normalized spacial score (nSPS) is 10.8. The molecule has 0 fully saturated rings. The predicted molar refractivity (Wildman–Crippen MR) is 130 cm³/mol. The molecule has 0 saturated carbocycles. The van der Waals surface area contributed by atoms with E-state index in [-0.39, 0.29) is 19.1 Å². The van der Waals surface area contributed by atoms with E-state index in [1.165, 1.54) is 16.9 Å². The molecule has 168 valence electrons. The van der Waals surface area contributed by atoms with Crippen LogP contribution in [0.5, 0.6) is 5.75 Å². The van der Waals surface area contributed by atoms with Crippen LogP contribution in [-0.4, -0.2) is 25.1 Å². The molecule has 0 saturated heterocycles. The van der Waals surface area contributed by atoms with Gasteiger partial charge in [0.2, 0.25) is 0 Å². The number of thiophene rings is 1. The zero-order chi connectivity index (χ0) is 23.3. The fraction of sp³-hybridized carbons (Fsp3) is 0.308. The molecular weight excluding hydrogens is 422 g/mol. The van der Waals surface area contributed by atoms with Crippen LogP contribution in [0.25, 0.3) is 11.1 Å². The Morgan fingerprint density at radius 2 is 1.84 bits per heavy atom. The summed E-state index contributed by atoms with van der Waals surface area (Å²) in [6, 6.07) is 13.7. The number of esters is 1. The van der Waals surface area contributed by atoms with Crippen molar-refractivity contribution in [1.29, 1.82) is 0 Å². The van der Waals surface area contributed by atoms with Crippen molar-refractivity contribution in [2.75, 3.05) is 18.5 Å². The second-order valence-corrected chi connectivity index (χ2v) is 8.82. The first-order valence-electron chi connectivity index (χ1n) is 10.7. The van der Waals surface area contributed by atoms with Gasteiger partial charge in [-0.05, 0) is 61.1 Å². The Labute approximate surface area is 193 Å². The average molecular weight is 452 g/mol. The van der Waals surface area contributed by atoms with E-state index in [9.17, 15) is 9.59 Å². The number of anilines is 1. The molecule has 3 aromatic rings. The second-order valence-electron chi connectivity index (χ2n) is 7.94. The lowest BCUT2D eigenvalue weighted by atomic mass is 9.99. The van der Waals surface area contributed by atoms with Gasteiger partial charge in [0.25, 0.3) is 5.91 Å². The van der Waals surface area contributed by atoms with Crippen molar-refractivity contribution in [3.63, 3.8) is 0 Å². The van der Waals surface area contributed by atoms with Crippen LogP contribution < -0.4 is 10.1 Å². The number of hydrogen-bond acceptors (Lipinski definition) is 5. The third-order valence-electron chi connectivity index (χ3n) is 5.24. The van der Waals surface area contributed by atoms with Crippen LogP contribution in [0.2, 0.25) is 0 Å². The molecule has 0 aliphatic rings. The summed E-state index contributed by atoms with van der Waals surface area (Å²) in [5.74, 6) is 0.218. The molecule has 0 spiro atoms. The first-order valence-corrected chi connectivity index (χ1v) is 11.6. The maximum atomic E-state index is 12.7. The quantitative estimate of drug-likeness (QED) is 0.405. The molecule has 1 aromatic heterocycles. The third-order valence-corrected chi connectivity index (χ3v) is 6.13. The van der Waals surface area contributed by atoms with Gasteiger partial charge < -0.3 is 14.8 Å². The molecule has 0 aliphatic heterocycles. The van der Waals surface area contributed by atoms with Crippen molar-refractivity contribution >= 4 is 28.2 Å². The van der Waals surface area contributed by atoms with E-state index in [1.54, 1.807) is 6.92 Å². The SMILES string of the molecule is CCOC(=O)c1c(-c2ccc(C)c(C)c2)csc1NC(=O)COc1cccc(C(C)C)c1. The summed E-state index contributed by atoms with van der Waals surface area (Å²) in [6.07, 6.45) is 0. The summed E-state index contributed by atoms with van der Waals surface area (Å²) in [5.41, 5.74) is 5.48. The highest BCUT2D eigenvalue weighted by Crippen LogP contribution is 2.37. The maximum Gasteiger partial charge on any atom is 0.341 e. The fourth-order valence-corrected chi connectivity index (χ4v) is 4.23. The number of carbonyl (C=O) groups excluding carboxylic acids is 2. The van der Waals surface area contributed by atoms with Crippen LogP contribution in [0.15, 0.2) is 47.8 Å². The average Bonchev–Trinajstić information content (AvgIpc) is 3.18. The number of carbonyl (C=O) groups is 2. The van der Waals surface area contributed by atoms with Crippen LogP contribution in [-0.2, 0) is 9.53 Å². The van der Waals surface area contributed by atoms with E-state index < -0.39 is 5.97 Å². The lowest BCUT2D eigenvalue weighted by molar-refractivity contribution is -0.118. The van der Waals surface area contributed by atoms with Crippen molar-refractivity contribution in [2.45, 2.75) is 40.5 Å². The van der Waals surface area contributed by atoms with Gasteiger partial charge in [-0.25, -0.2) is 4.79 Å². The highest BCUT2D eigenvalue weighted by Gasteiger charge is 2.23. The Kier molecular flexibility index (Phi) is 7.70. The molecule has 2 aromatic carbocycles. The van der Waals surface area contributed by atoms with Crippen molar-refractivity contribution in [3.8, 4) is 16.9 Å². The summed E-state index contributed by atoms with van der Waals surface area (Å²) in [4.78, 5) is 25.3. The van der Waals surface area contributed by atoms with Gasteiger partial charge in [-0.3, -0.25) is 4.79 Å². The molecular formula is C26H29NO4S. The first-order chi connectivity index (χ1) is 15.3. The van der Waals surface area contributed by atoms with Gasteiger partial charge in [0.15, 0.2) is 6.61 Å². The third kappa shape index (κ3) is 5.56. The van der Waals surface area contributed by atoms with E-state index in [4.69, 9.17) is 9.47 Å². The Bertz CT molecular complexity index is 1120. The van der Waals surface area contributed by atoms with Gasteiger partial charge in [0.1, 0.15) is 16.3 Å². The van der Waals surface area contributed by atoms with Crippen LogP contribution >= 0.6 is 11.3 Å². The van der Waals surface area contributed by atoms with Crippen LogP contribution in [0.1, 0.15) is 53.7 Å². The molecule has 1 amide bonds. The number of hydrogen-bond donors (Lipinski definition) is 1. The summed E-state index contributed by atoms with van der Waals surface area (Å²) >= 11 is 1.30. The van der Waals surface area contributed by atoms with E-state index in [0.29, 0.717) is 22.2 Å². The molecule has 6 heteroatoms. The molecule has 5 nitrogen and oxygen atoms in total. The number of benzene rings is 2. The van der Waals surface area contributed by atoms with Crippen LogP contribution in [0, 0.1) is 13.8 Å². The van der Waals surface area contributed by atoms with Gasteiger partial charge >= 0.3 is 5.97 Å². The summed E-state index contributed by atoms with van der Waals surface area (Å²) in [6.45, 7) is 10.1. The number of aryl methyl sites for hydroxylation is 2. The minimum atomic E-state index is -0.456. The lowest BCUT2D eigenvalue weighted by Gasteiger charge is -2.11. The molecule has 0 unspecified atom stereocenters. The second kappa shape index (κ2) is 10.5. The standard InChI is InChI=1S/C26H29NO4S/c1-6-30-26(29)24-22(20-11-10-17(4)18(5)12-20)15-32-25(24)27-23(28)14-31-21-9-7-8-19(13-21)16(2)3/h7-13,15-16H,6,14H2,1-5H3,(H,27,28). The number of rotatable bonds is 8. The van der Waals surface area contributed by atoms with Gasteiger partial charge in [-0.15, -0.1) is 11.3 Å². The zero-order valence-corrected chi connectivity index (χ0v) is 20.0. The largest absolute Gasteiger partial charge is 0.484 e. The maximum absolute atomic E-state index is 12.7. The molecule has 32 heavy (non-hydrogen) atoms. The van der Waals surface area contributed by atoms with E-state index in [1.807, 2.05) is 61.7 Å². The molecule has 0 aliphatic carbocycles. The molecule has 0 bridgehead atoms. The smallest absolute Gasteiger partial charge is 0.341 e. The Balaban J connectivity index is 1.80. The minimum Gasteiger partial charge on any atom is -0.484 e. The Hall–Kier alpha value is -3.12. The van der Waals surface area contributed by atoms with E-state index in [2.05, 4.69) is 19.2 Å². The van der Waals surface area contributed by atoms with Crippen molar-refractivity contribution in [2.24, 2.45) is 0 Å². The highest BCUT2D eigenvalue weighted by atomic mass is 32.1. The van der Waals surface area contributed by atoms with Crippen LogP contribution in [0.4, 0.5) is 5.00 Å². The molecule has 1 heterocycles.